The predicted molar refractivity (Wildman–Crippen MR) is 59.9 cm³/mol. The highest BCUT2D eigenvalue weighted by Gasteiger charge is 1.95. The molecule has 0 fully saturated rings. The van der Waals surface area contributed by atoms with E-state index in [0.29, 0.717) is 5.69 Å². The lowest BCUT2D eigenvalue weighted by Gasteiger charge is -1.93. The third-order valence-corrected chi connectivity index (χ3v) is 1.23. The molecule has 0 aromatic heterocycles. The summed E-state index contributed by atoms with van der Waals surface area (Å²) in [5.74, 6) is -0.439. The SMILES string of the molecule is C.CC(C)O.Nc1ccc(F)c(Cl)c1. The zero-order valence-electron chi connectivity index (χ0n) is 7.59. The predicted octanol–water partition coefficient (Wildman–Crippen LogP) is 3.08. The Balaban J connectivity index is 0. The molecular weight excluding hydrogens is 205 g/mol. The van der Waals surface area contributed by atoms with E-state index in [-0.39, 0.29) is 18.6 Å². The van der Waals surface area contributed by atoms with E-state index in [2.05, 4.69) is 0 Å². The third kappa shape index (κ3) is 7.83. The Morgan fingerprint density at radius 1 is 1.43 bits per heavy atom. The topological polar surface area (TPSA) is 46.2 Å². The van der Waals surface area contributed by atoms with Crippen molar-refractivity contribution in [3.8, 4) is 0 Å². The maximum atomic E-state index is 12.3. The summed E-state index contributed by atoms with van der Waals surface area (Å²) in [7, 11) is 0. The molecule has 0 atom stereocenters. The van der Waals surface area contributed by atoms with Gasteiger partial charge < -0.3 is 10.8 Å². The van der Waals surface area contributed by atoms with E-state index in [4.69, 9.17) is 22.4 Å². The maximum absolute atomic E-state index is 12.3. The summed E-state index contributed by atoms with van der Waals surface area (Å²) in [5.41, 5.74) is 5.75. The van der Waals surface area contributed by atoms with Crippen LogP contribution in [0, 0.1) is 5.82 Å². The highest BCUT2D eigenvalue weighted by Crippen LogP contribution is 2.16. The molecule has 1 rings (SSSR count). The Hall–Kier alpha value is -0.800. The second-order valence-electron chi connectivity index (χ2n) is 2.77. The molecule has 4 heteroatoms. The Labute approximate surface area is 89.5 Å². The summed E-state index contributed by atoms with van der Waals surface area (Å²) in [5, 5.41) is 8.12. The van der Waals surface area contributed by atoms with Crippen LogP contribution < -0.4 is 5.73 Å². The van der Waals surface area contributed by atoms with Crippen LogP contribution in [0.4, 0.5) is 10.1 Å². The van der Waals surface area contributed by atoms with Crippen LogP contribution in [-0.2, 0) is 0 Å². The number of hydrogen-bond donors (Lipinski definition) is 2. The number of benzene rings is 1. The number of rotatable bonds is 0. The van der Waals surface area contributed by atoms with Gasteiger partial charge in [-0.3, -0.25) is 0 Å². The van der Waals surface area contributed by atoms with Crippen LogP contribution in [0.15, 0.2) is 18.2 Å². The zero-order valence-corrected chi connectivity index (χ0v) is 8.35. The molecule has 0 aliphatic carbocycles. The lowest BCUT2D eigenvalue weighted by Crippen LogP contribution is -1.85. The summed E-state index contributed by atoms with van der Waals surface area (Å²) >= 11 is 5.36. The summed E-state index contributed by atoms with van der Waals surface area (Å²) < 4.78 is 12.3. The number of nitrogens with two attached hydrogens (primary N) is 1. The van der Waals surface area contributed by atoms with Crippen LogP contribution >= 0.6 is 11.6 Å². The van der Waals surface area contributed by atoms with Gasteiger partial charge in [-0.05, 0) is 32.0 Å². The van der Waals surface area contributed by atoms with Gasteiger partial charge in [0.05, 0.1) is 5.02 Å². The van der Waals surface area contributed by atoms with Gasteiger partial charge in [-0.2, -0.15) is 0 Å². The molecule has 0 aliphatic heterocycles. The molecule has 0 saturated carbocycles. The summed E-state index contributed by atoms with van der Waals surface area (Å²) in [6, 6.07) is 4.07. The van der Waals surface area contributed by atoms with Crippen molar-refractivity contribution in [1.82, 2.24) is 0 Å². The van der Waals surface area contributed by atoms with Crippen LogP contribution in [0.5, 0.6) is 0 Å². The minimum Gasteiger partial charge on any atom is -0.399 e. The van der Waals surface area contributed by atoms with Crippen LogP contribution in [0.3, 0.4) is 0 Å². The first kappa shape index (κ1) is 15.7. The Bertz CT molecular complexity index is 264. The van der Waals surface area contributed by atoms with Crippen molar-refractivity contribution in [3.63, 3.8) is 0 Å². The van der Waals surface area contributed by atoms with Gasteiger partial charge >= 0.3 is 0 Å². The number of aliphatic hydroxyl groups excluding tert-OH is 1. The number of anilines is 1. The smallest absolute Gasteiger partial charge is 0.141 e. The van der Waals surface area contributed by atoms with Gasteiger partial charge in [-0.15, -0.1) is 0 Å². The molecule has 3 N–H and O–H groups in total. The van der Waals surface area contributed by atoms with Crippen molar-refractivity contribution < 1.29 is 9.50 Å². The highest BCUT2D eigenvalue weighted by atomic mass is 35.5. The van der Waals surface area contributed by atoms with Crippen molar-refractivity contribution in [2.24, 2.45) is 0 Å². The van der Waals surface area contributed by atoms with Gasteiger partial charge in [0.2, 0.25) is 0 Å². The van der Waals surface area contributed by atoms with E-state index in [9.17, 15) is 4.39 Å². The van der Waals surface area contributed by atoms with E-state index < -0.39 is 5.82 Å². The molecular formula is C10H17ClFNO. The van der Waals surface area contributed by atoms with Crippen molar-refractivity contribution in [2.45, 2.75) is 27.4 Å². The fraction of sp³-hybridized carbons (Fsp3) is 0.400. The average Bonchev–Trinajstić information content (AvgIpc) is 1.96. The van der Waals surface area contributed by atoms with Crippen molar-refractivity contribution >= 4 is 17.3 Å². The lowest BCUT2D eigenvalue weighted by atomic mass is 10.3. The third-order valence-electron chi connectivity index (χ3n) is 0.944. The van der Waals surface area contributed by atoms with E-state index >= 15 is 0 Å². The van der Waals surface area contributed by atoms with Gasteiger partial charge in [0.25, 0.3) is 0 Å². The van der Waals surface area contributed by atoms with Gasteiger partial charge in [0.1, 0.15) is 5.82 Å². The monoisotopic (exact) mass is 221 g/mol. The van der Waals surface area contributed by atoms with Crippen LogP contribution in [0.25, 0.3) is 0 Å². The van der Waals surface area contributed by atoms with Crippen molar-refractivity contribution in [3.05, 3.63) is 29.0 Å². The molecule has 0 spiro atoms. The Morgan fingerprint density at radius 2 is 1.86 bits per heavy atom. The molecule has 2 nitrogen and oxygen atoms in total. The number of nitrogen functional groups attached to an aromatic ring is 1. The number of hydrogen-bond acceptors (Lipinski definition) is 2. The van der Waals surface area contributed by atoms with E-state index in [0.717, 1.165) is 0 Å². The summed E-state index contributed by atoms with van der Waals surface area (Å²) in [6.45, 7) is 3.44. The number of halogens is 2. The molecule has 0 aliphatic rings. The van der Waals surface area contributed by atoms with Gasteiger partial charge in [-0.25, -0.2) is 4.39 Å². The van der Waals surface area contributed by atoms with Gasteiger partial charge in [0, 0.05) is 11.8 Å². The lowest BCUT2D eigenvalue weighted by molar-refractivity contribution is 0.216. The second-order valence-corrected chi connectivity index (χ2v) is 3.17. The normalized spacial score (nSPS) is 8.71. The summed E-state index contributed by atoms with van der Waals surface area (Å²) in [6.07, 6.45) is -0.167. The fourth-order valence-electron chi connectivity index (χ4n) is 0.512. The number of aliphatic hydroxyl groups is 1. The average molecular weight is 222 g/mol. The Kier molecular flexibility index (Phi) is 8.49. The van der Waals surface area contributed by atoms with Crippen LogP contribution in [-0.4, -0.2) is 11.2 Å². The molecule has 1 aromatic rings. The largest absolute Gasteiger partial charge is 0.399 e. The maximum Gasteiger partial charge on any atom is 0.141 e. The van der Waals surface area contributed by atoms with Crippen LogP contribution in [0.2, 0.25) is 5.02 Å². The quantitative estimate of drug-likeness (QED) is 0.662. The summed E-state index contributed by atoms with van der Waals surface area (Å²) in [4.78, 5) is 0. The highest BCUT2D eigenvalue weighted by molar-refractivity contribution is 6.31. The first-order valence-corrected chi connectivity index (χ1v) is 4.20. The minimum atomic E-state index is -0.439. The molecule has 0 bridgehead atoms. The molecule has 1 aromatic carbocycles. The Morgan fingerprint density at radius 3 is 2.14 bits per heavy atom. The first-order valence-electron chi connectivity index (χ1n) is 3.82. The minimum absolute atomic E-state index is 0. The molecule has 0 radical (unpaired) electrons. The molecule has 0 unspecified atom stereocenters. The standard InChI is InChI=1S/C6H5ClFN.C3H8O.CH4/c7-5-3-4(9)1-2-6(5)8;1-3(2)4;/h1-3H,9H2;3-4H,1-2H3;1H4. The van der Waals surface area contributed by atoms with E-state index in [1.165, 1.54) is 18.2 Å². The van der Waals surface area contributed by atoms with Crippen molar-refractivity contribution in [1.29, 1.82) is 0 Å². The zero-order chi connectivity index (χ0) is 10.4. The van der Waals surface area contributed by atoms with Crippen LogP contribution in [0.1, 0.15) is 21.3 Å². The molecule has 14 heavy (non-hydrogen) atoms. The molecule has 0 saturated heterocycles. The van der Waals surface area contributed by atoms with E-state index in [1.807, 2.05) is 0 Å². The fourth-order valence-corrected chi connectivity index (χ4v) is 0.701. The molecule has 82 valence electrons. The second kappa shape index (κ2) is 7.59. The van der Waals surface area contributed by atoms with Gasteiger partial charge in [-0.1, -0.05) is 19.0 Å². The van der Waals surface area contributed by atoms with Crippen molar-refractivity contribution in [2.75, 3.05) is 5.73 Å². The van der Waals surface area contributed by atoms with E-state index in [1.54, 1.807) is 13.8 Å². The van der Waals surface area contributed by atoms with Gasteiger partial charge in [0.15, 0.2) is 0 Å². The molecule has 0 heterocycles. The first-order chi connectivity index (χ1) is 5.93. The molecule has 0 amide bonds.